The van der Waals surface area contributed by atoms with Crippen LogP contribution in [0, 0.1) is 5.41 Å². The lowest BCUT2D eigenvalue weighted by Gasteiger charge is -2.26. The Morgan fingerprint density at radius 2 is 1.63 bits per heavy atom. The molecule has 4 heteroatoms. The van der Waals surface area contributed by atoms with E-state index in [0.29, 0.717) is 18.5 Å². The maximum atomic E-state index is 12.7. The molecule has 1 saturated heterocycles. The zero-order valence-electron chi connectivity index (χ0n) is 16.0. The number of carboxylic acid groups (broad SMARTS) is 1. The molecule has 0 aliphatic carbocycles. The Morgan fingerprint density at radius 3 is 2.22 bits per heavy atom. The standard InChI is InChI=1S/C23H25NO3/c1-16(22(26)27)24-15-23(2,3)14-20(24)13-21(25)19-11-9-18(10-12-19)17-7-5-4-6-8-17/h4-13,16H,14-15H2,1-3H3,(H,26,27)/b20-13+. The highest BCUT2D eigenvalue weighted by Crippen LogP contribution is 2.38. The van der Waals surface area contributed by atoms with Gasteiger partial charge in [-0.05, 0) is 29.9 Å². The number of hydrogen-bond acceptors (Lipinski definition) is 3. The first-order chi connectivity index (χ1) is 12.8. The third kappa shape index (κ3) is 4.27. The van der Waals surface area contributed by atoms with Crippen molar-refractivity contribution in [3.8, 4) is 11.1 Å². The summed E-state index contributed by atoms with van der Waals surface area (Å²) in [5.41, 5.74) is 3.52. The molecule has 140 valence electrons. The van der Waals surface area contributed by atoms with Gasteiger partial charge in [0.05, 0.1) is 0 Å². The van der Waals surface area contributed by atoms with Gasteiger partial charge in [0.25, 0.3) is 0 Å². The van der Waals surface area contributed by atoms with Gasteiger partial charge in [-0.15, -0.1) is 0 Å². The molecule has 1 heterocycles. The van der Waals surface area contributed by atoms with Crippen molar-refractivity contribution in [1.29, 1.82) is 0 Å². The Morgan fingerprint density at radius 1 is 1.04 bits per heavy atom. The van der Waals surface area contributed by atoms with Gasteiger partial charge in [-0.1, -0.05) is 68.4 Å². The van der Waals surface area contributed by atoms with Crippen LogP contribution in [0.5, 0.6) is 0 Å². The highest BCUT2D eigenvalue weighted by molar-refractivity contribution is 6.05. The second-order valence-corrected chi connectivity index (χ2v) is 7.93. The first kappa shape index (κ1) is 18.9. The van der Waals surface area contributed by atoms with Gasteiger partial charge < -0.3 is 10.0 Å². The number of nitrogens with zero attached hydrogens (tertiary/aromatic N) is 1. The second kappa shape index (κ2) is 7.39. The number of carbonyl (C=O) groups is 2. The fourth-order valence-corrected chi connectivity index (χ4v) is 3.56. The normalized spacial score (nSPS) is 18.5. The van der Waals surface area contributed by atoms with E-state index in [-0.39, 0.29) is 11.2 Å². The molecule has 2 aromatic carbocycles. The number of ketones is 1. The lowest BCUT2D eigenvalue weighted by atomic mass is 9.92. The number of benzene rings is 2. The molecule has 1 aliphatic heterocycles. The van der Waals surface area contributed by atoms with E-state index < -0.39 is 12.0 Å². The molecule has 0 bridgehead atoms. The summed E-state index contributed by atoms with van der Waals surface area (Å²) in [7, 11) is 0. The summed E-state index contributed by atoms with van der Waals surface area (Å²) in [5.74, 6) is -0.969. The van der Waals surface area contributed by atoms with Crippen LogP contribution >= 0.6 is 0 Å². The van der Waals surface area contributed by atoms with Crippen molar-refractivity contribution in [3.05, 3.63) is 71.9 Å². The zero-order chi connectivity index (χ0) is 19.6. The van der Waals surface area contributed by atoms with Crippen LogP contribution in [0.25, 0.3) is 11.1 Å². The van der Waals surface area contributed by atoms with E-state index >= 15 is 0 Å². The second-order valence-electron chi connectivity index (χ2n) is 7.93. The minimum absolute atomic E-state index is 0.0486. The van der Waals surface area contributed by atoms with Crippen LogP contribution in [-0.2, 0) is 4.79 Å². The molecule has 2 aromatic rings. The highest BCUT2D eigenvalue weighted by atomic mass is 16.4. The topological polar surface area (TPSA) is 57.6 Å². The van der Waals surface area contributed by atoms with Crippen molar-refractivity contribution in [3.63, 3.8) is 0 Å². The fourth-order valence-electron chi connectivity index (χ4n) is 3.56. The van der Waals surface area contributed by atoms with Gasteiger partial charge in [0.1, 0.15) is 6.04 Å². The van der Waals surface area contributed by atoms with Gasteiger partial charge in [0, 0.05) is 23.9 Å². The third-order valence-corrected chi connectivity index (χ3v) is 5.03. The molecule has 4 nitrogen and oxygen atoms in total. The molecule has 0 radical (unpaired) electrons. The van der Waals surface area contributed by atoms with Crippen molar-refractivity contribution in [2.45, 2.75) is 33.2 Å². The molecule has 0 saturated carbocycles. The van der Waals surface area contributed by atoms with E-state index in [9.17, 15) is 14.7 Å². The Labute approximate surface area is 160 Å². The largest absolute Gasteiger partial charge is 0.480 e. The summed E-state index contributed by atoms with van der Waals surface area (Å²) in [5, 5.41) is 9.37. The van der Waals surface area contributed by atoms with Crippen molar-refractivity contribution in [2.24, 2.45) is 5.41 Å². The number of hydrogen-bond donors (Lipinski definition) is 1. The third-order valence-electron chi connectivity index (χ3n) is 5.03. The van der Waals surface area contributed by atoms with E-state index in [1.165, 1.54) is 0 Å². The van der Waals surface area contributed by atoms with Crippen molar-refractivity contribution < 1.29 is 14.7 Å². The molecule has 1 aliphatic rings. The first-order valence-corrected chi connectivity index (χ1v) is 9.17. The van der Waals surface area contributed by atoms with Gasteiger partial charge >= 0.3 is 5.97 Å². The predicted molar refractivity (Wildman–Crippen MR) is 106 cm³/mol. The summed E-state index contributed by atoms with van der Waals surface area (Å²) in [6.07, 6.45) is 2.30. The average Bonchev–Trinajstić information content (AvgIpc) is 2.96. The van der Waals surface area contributed by atoms with Crippen LogP contribution in [0.1, 0.15) is 37.6 Å². The maximum Gasteiger partial charge on any atom is 0.326 e. The number of carboxylic acids is 1. The van der Waals surface area contributed by atoms with Gasteiger partial charge in [0.15, 0.2) is 5.78 Å². The molecule has 0 aromatic heterocycles. The minimum Gasteiger partial charge on any atom is -0.480 e. The Bertz CT molecular complexity index is 866. The van der Waals surface area contributed by atoms with Gasteiger partial charge in [-0.2, -0.15) is 0 Å². The zero-order valence-corrected chi connectivity index (χ0v) is 16.0. The minimum atomic E-state index is -0.877. The van der Waals surface area contributed by atoms with E-state index in [1.807, 2.05) is 59.5 Å². The molecule has 0 amide bonds. The van der Waals surface area contributed by atoms with E-state index in [4.69, 9.17) is 0 Å². The fraction of sp³-hybridized carbons (Fsp3) is 0.304. The lowest BCUT2D eigenvalue weighted by Crippen LogP contribution is -2.37. The SMILES string of the molecule is CC(C(=O)O)N1CC(C)(C)C/C1=C\C(=O)c1ccc(-c2ccccc2)cc1. The van der Waals surface area contributed by atoms with Crippen molar-refractivity contribution in [1.82, 2.24) is 4.90 Å². The van der Waals surface area contributed by atoms with Crippen LogP contribution in [0.4, 0.5) is 0 Å². The molecular weight excluding hydrogens is 338 g/mol. The maximum absolute atomic E-state index is 12.7. The summed E-state index contributed by atoms with van der Waals surface area (Å²) in [6, 6.07) is 16.9. The highest BCUT2D eigenvalue weighted by Gasteiger charge is 2.37. The molecular formula is C23H25NO3. The van der Waals surface area contributed by atoms with Crippen LogP contribution in [0.3, 0.4) is 0 Å². The summed E-state index contributed by atoms with van der Waals surface area (Å²) < 4.78 is 0. The average molecular weight is 363 g/mol. The van der Waals surface area contributed by atoms with Gasteiger partial charge in [-0.25, -0.2) is 4.79 Å². The van der Waals surface area contributed by atoms with Crippen LogP contribution in [0.15, 0.2) is 66.4 Å². The van der Waals surface area contributed by atoms with E-state index in [0.717, 1.165) is 16.8 Å². The van der Waals surface area contributed by atoms with Crippen molar-refractivity contribution in [2.75, 3.05) is 6.54 Å². The van der Waals surface area contributed by atoms with E-state index in [1.54, 1.807) is 13.0 Å². The molecule has 1 fully saturated rings. The molecule has 1 N–H and O–H groups in total. The predicted octanol–water partition coefficient (Wildman–Crippen LogP) is 4.63. The molecule has 27 heavy (non-hydrogen) atoms. The number of rotatable bonds is 5. The van der Waals surface area contributed by atoms with Crippen LogP contribution < -0.4 is 0 Å². The van der Waals surface area contributed by atoms with Crippen LogP contribution in [0.2, 0.25) is 0 Å². The summed E-state index contributed by atoms with van der Waals surface area (Å²) in [6.45, 7) is 6.48. The summed E-state index contributed by atoms with van der Waals surface area (Å²) in [4.78, 5) is 26.0. The summed E-state index contributed by atoms with van der Waals surface area (Å²) >= 11 is 0. The smallest absolute Gasteiger partial charge is 0.326 e. The van der Waals surface area contributed by atoms with Crippen molar-refractivity contribution >= 4 is 11.8 Å². The molecule has 0 spiro atoms. The number of carbonyl (C=O) groups excluding carboxylic acids is 1. The Hall–Kier alpha value is -2.88. The quantitative estimate of drug-likeness (QED) is 0.622. The first-order valence-electron chi connectivity index (χ1n) is 9.17. The number of allylic oxidation sites excluding steroid dienone is 2. The molecule has 1 unspecified atom stereocenters. The molecule has 1 atom stereocenters. The van der Waals surface area contributed by atoms with E-state index in [2.05, 4.69) is 13.8 Å². The Balaban J connectivity index is 1.83. The van der Waals surface area contributed by atoms with Gasteiger partial charge in [-0.3, -0.25) is 4.79 Å². The Kier molecular flexibility index (Phi) is 5.17. The van der Waals surface area contributed by atoms with Crippen LogP contribution in [-0.4, -0.2) is 34.3 Å². The lowest BCUT2D eigenvalue weighted by molar-refractivity contribution is -0.141. The number of aliphatic carboxylic acids is 1. The number of likely N-dealkylation sites (tertiary alicyclic amines) is 1. The molecule has 3 rings (SSSR count). The monoisotopic (exact) mass is 363 g/mol. The van der Waals surface area contributed by atoms with Gasteiger partial charge in [0.2, 0.25) is 0 Å².